The van der Waals surface area contributed by atoms with Gasteiger partial charge in [-0.3, -0.25) is 4.79 Å². The van der Waals surface area contributed by atoms with E-state index in [4.69, 9.17) is 4.74 Å². The standard InChI is InChI=1S/C17H23NO4S/c1-2-11-3-6-17(7-4-11,16(20)21)18-15(19)14-9-12-10-22-8-5-13(12)23-14/h9,11H,2-8,10H2,1H3,(H,18,19)(H,20,21). The molecule has 1 aliphatic heterocycles. The van der Waals surface area contributed by atoms with Crippen molar-refractivity contribution < 1.29 is 19.4 Å². The molecule has 1 aliphatic carbocycles. The van der Waals surface area contributed by atoms with Gasteiger partial charge in [-0.25, -0.2) is 4.79 Å². The van der Waals surface area contributed by atoms with Crippen LogP contribution in [-0.4, -0.2) is 29.1 Å². The summed E-state index contributed by atoms with van der Waals surface area (Å²) in [6, 6.07) is 1.85. The van der Waals surface area contributed by atoms with Crippen LogP contribution >= 0.6 is 11.3 Å². The van der Waals surface area contributed by atoms with Gasteiger partial charge in [0.1, 0.15) is 5.54 Å². The number of nitrogens with one attached hydrogen (secondary N) is 1. The lowest BCUT2D eigenvalue weighted by Crippen LogP contribution is -2.56. The van der Waals surface area contributed by atoms with Crippen LogP contribution in [-0.2, 0) is 22.6 Å². The molecule has 126 valence electrons. The van der Waals surface area contributed by atoms with Crippen molar-refractivity contribution in [3.05, 3.63) is 21.4 Å². The molecule has 0 radical (unpaired) electrons. The highest BCUT2D eigenvalue weighted by Gasteiger charge is 2.43. The van der Waals surface area contributed by atoms with Crippen molar-refractivity contribution in [1.29, 1.82) is 0 Å². The quantitative estimate of drug-likeness (QED) is 0.886. The topological polar surface area (TPSA) is 75.6 Å². The molecule has 2 heterocycles. The van der Waals surface area contributed by atoms with Crippen LogP contribution < -0.4 is 5.32 Å². The number of fused-ring (bicyclic) bond motifs is 1. The first-order valence-corrected chi connectivity index (χ1v) is 9.11. The molecule has 1 amide bonds. The monoisotopic (exact) mass is 337 g/mol. The van der Waals surface area contributed by atoms with E-state index in [-0.39, 0.29) is 5.91 Å². The van der Waals surface area contributed by atoms with Crippen LogP contribution in [0.3, 0.4) is 0 Å². The predicted molar refractivity (Wildman–Crippen MR) is 87.8 cm³/mol. The molecule has 23 heavy (non-hydrogen) atoms. The highest BCUT2D eigenvalue weighted by Crippen LogP contribution is 2.35. The third-order valence-electron chi connectivity index (χ3n) is 5.15. The lowest BCUT2D eigenvalue weighted by atomic mass is 9.75. The Morgan fingerprint density at radius 1 is 1.43 bits per heavy atom. The normalized spacial score (nSPS) is 27.3. The Morgan fingerprint density at radius 2 is 2.17 bits per heavy atom. The maximum absolute atomic E-state index is 12.6. The van der Waals surface area contributed by atoms with Crippen molar-refractivity contribution in [3.8, 4) is 0 Å². The van der Waals surface area contributed by atoms with Crippen LogP contribution in [0.4, 0.5) is 0 Å². The van der Waals surface area contributed by atoms with E-state index in [1.807, 2.05) is 6.07 Å². The Hall–Kier alpha value is -1.40. The van der Waals surface area contributed by atoms with Crippen LogP contribution in [0.2, 0.25) is 0 Å². The first-order valence-electron chi connectivity index (χ1n) is 8.29. The van der Waals surface area contributed by atoms with Gasteiger partial charge < -0.3 is 15.2 Å². The Kier molecular flexibility index (Phi) is 4.73. The van der Waals surface area contributed by atoms with Crippen LogP contribution in [0.15, 0.2) is 6.07 Å². The summed E-state index contributed by atoms with van der Waals surface area (Å²) in [5.74, 6) is -0.600. The number of aliphatic carboxylic acids is 1. The highest BCUT2D eigenvalue weighted by molar-refractivity contribution is 7.14. The van der Waals surface area contributed by atoms with Crippen molar-refractivity contribution in [2.24, 2.45) is 5.92 Å². The molecule has 2 N–H and O–H groups in total. The van der Waals surface area contributed by atoms with Gasteiger partial charge in [-0.05, 0) is 43.2 Å². The number of carboxylic acids is 1. The molecule has 5 nitrogen and oxygen atoms in total. The molecule has 2 aliphatic rings. The van der Waals surface area contributed by atoms with E-state index in [0.717, 1.165) is 31.2 Å². The SMILES string of the molecule is CCC1CCC(NC(=O)c2cc3c(s2)CCOC3)(C(=O)O)CC1. The van der Waals surface area contributed by atoms with Crippen LogP contribution in [0, 0.1) is 5.92 Å². The lowest BCUT2D eigenvalue weighted by Gasteiger charge is -2.37. The molecule has 0 aromatic carbocycles. The van der Waals surface area contributed by atoms with Gasteiger partial charge in [0.25, 0.3) is 5.91 Å². The molecule has 0 spiro atoms. The summed E-state index contributed by atoms with van der Waals surface area (Å²) in [5, 5.41) is 12.5. The summed E-state index contributed by atoms with van der Waals surface area (Å²) in [7, 11) is 0. The number of hydrogen-bond donors (Lipinski definition) is 2. The van der Waals surface area contributed by atoms with E-state index in [1.165, 1.54) is 16.2 Å². The first-order chi connectivity index (χ1) is 11.0. The zero-order valence-corrected chi connectivity index (χ0v) is 14.2. The number of carbonyl (C=O) groups excluding carboxylic acids is 1. The molecular weight excluding hydrogens is 314 g/mol. The van der Waals surface area contributed by atoms with Crippen molar-refractivity contribution in [2.75, 3.05) is 6.61 Å². The molecule has 0 unspecified atom stereocenters. The van der Waals surface area contributed by atoms with Crippen LogP contribution in [0.1, 0.15) is 59.1 Å². The summed E-state index contributed by atoms with van der Waals surface area (Å²) in [4.78, 5) is 26.2. The number of rotatable bonds is 4. The van der Waals surface area contributed by atoms with Crippen molar-refractivity contribution in [1.82, 2.24) is 5.32 Å². The second kappa shape index (κ2) is 6.61. The van der Waals surface area contributed by atoms with E-state index in [0.29, 0.717) is 36.9 Å². The smallest absolute Gasteiger partial charge is 0.329 e. The Morgan fingerprint density at radius 3 is 2.78 bits per heavy atom. The van der Waals surface area contributed by atoms with Crippen molar-refractivity contribution in [3.63, 3.8) is 0 Å². The lowest BCUT2D eigenvalue weighted by molar-refractivity contribution is -0.146. The van der Waals surface area contributed by atoms with Crippen LogP contribution in [0.25, 0.3) is 0 Å². The van der Waals surface area contributed by atoms with Gasteiger partial charge in [0.05, 0.1) is 18.1 Å². The fraction of sp³-hybridized carbons (Fsp3) is 0.647. The number of amides is 1. The second-order valence-corrected chi connectivity index (χ2v) is 7.69. The fourth-order valence-electron chi connectivity index (χ4n) is 3.51. The summed E-state index contributed by atoms with van der Waals surface area (Å²) in [6.45, 7) is 3.36. The average Bonchev–Trinajstić information content (AvgIpc) is 2.99. The van der Waals surface area contributed by atoms with E-state index in [1.54, 1.807) is 0 Å². The molecule has 6 heteroatoms. The second-order valence-electron chi connectivity index (χ2n) is 6.55. The number of ether oxygens (including phenoxy) is 1. The Labute approximate surface area is 140 Å². The van der Waals surface area contributed by atoms with E-state index < -0.39 is 11.5 Å². The van der Waals surface area contributed by atoms with E-state index in [9.17, 15) is 14.7 Å². The highest BCUT2D eigenvalue weighted by atomic mass is 32.1. The molecule has 0 saturated heterocycles. The zero-order chi connectivity index (χ0) is 16.4. The summed E-state index contributed by atoms with van der Waals surface area (Å²) in [6.07, 6.45) is 4.65. The molecular formula is C17H23NO4S. The van der Waals surface area contributed by atoms with Gasteiger partial charge in [0, 0.05) is 11.3 Å². The third-order valence-corrected chi connectivity index (χ3v) is 6.39. The summed E-state index contributed by atoms with van der Waals surface area (Å²) in [5.41, 5.74) is -0.0468. The van der Waals surface area contributed by atoms with Crippen molar-refractivity contribution in [2.45, 2.75) is 57.6 Å². The van der Waals surface area contributed by atoms with E-state index >= 15 is 0 Å². The van der Waals surface area contributed by atoms with Gasteiger partial charge in [0.2, 0.25) is 0 Å². The molecule has 0 bridgehead atoms. The van der Waals surface area contributed by atoms with Crippen LogP contribution in [0.5, 0.6) is 0 Å². The third kappa shape index (κ3) is 3.28. The molecule has 0 atom stereocenters. The maximum atomic E-state index is 12.6. The van der Waals surface area contributed by atoms with Gasteiger partial charge in [0.15, 0.2) is 0 Å². The minimum Gasteiger partial charge on any atom is -0.480 e. The maximum Gasteiger partial charge on any atom is 0.329 e. The minimum absolute atomic E-state index is 0.262. The number of carbonyl (C=O) groups is 2. The van der Waals surface area contributed by atoms with Crippen molar-refractivity contribution >= 4 is 23.2 Å². The summed E-state index contributed by atoms with van der Waals surface area (Å²) >= 11 is 1.46. The van der Waals surface area contributed by atoms with Gasteiger partial charge >= 0.3 is 5.97 Å². The Balaban J connectivity index is 1.74. The number of thiophene rings is 1. The van der Waals surface area contributed by atoms with Gasteiger partial charge in [-0.15, -0.1) is 11.3 Å². The molecule has 3 rings (SSSR count). The molecule has 1 aromatic rings. The largest absolute Gasteiger partial charge is 0.480 e. The van der Waals surface area contributed by atoms with E-state index in [2.05, 4.69) is 12.2 Å². The minimum atomic E-state index is -1.11. The number of hydrogen-bond acceptors (Lipinski definition) is 4. The summed E-state index contributed by atoms with van der Waals surface area (Å²) < 4.78 is 5.40. The molecule has 1 fully saturated rings. The first kappa shape index (κ1) is 16.5. The molecule has 1 aromatic heterocycles. The predicted octanol–water partition coefficient (Wildman–Crippen LogP) is 2.97. The Bertz CT molecular complexity index is 578. The molecule has 1 saturated carbocycles. The van der Waals surface area contributed by atoms with Gasteiger partial charge in [-0.1, -0.05) is 13.3 Å². The average molecular weight is 337 g/mol. The number of carboxylic acid groups (broad SMARTS) is 1. The zero-order valence-electron chi connectivity index (χ0n) is 13.4. The van der Waals surface area contributed by atoms with Gasteiger partial charge in [-0.2, -0.15) is 0 Å². The fourth-order valence-corrected chi connectivity index (χ4v) is 4.55.